The van der Waals surface area contributed by atoms with Crippen molar-refractivity contribution in [3.05, 3.63) is 82.8 Å². The van der Waals surface area contributed by atoms with Crippen LogP contribution in [0, 0.1) is 17.5 Å². The Hall–Kier alpha value is -2.90. The lowest BCUT2D eigenvalue weighted by molar-refractivity contribution is 0.0174. The monoisotopic (exact) mass is 409 g/mol. The smallest absolute Gasteiger partial charge is 0.270 e. The first kappa shape index (κ1) is 20.8. The van der Waals surface area contributed by atoms with Crippen LogP contribution < -0.4 is 5.73 Å². The number of hydrogen-bond acceptors (Lipinski definition) is 3. The summed E-state index contributed by atoms with van der Waals surface area (Å²) in [7, 11) is 1.58. The van der Waals surface area contributed by atoms with Crippen molar-refractivity contribution in [2.75, 3.05) is 7.05 Å². The Bertz CT molecular complexity index is 971. The minimum absolute atomic E-state index is 0.0337. The van der Waals surface area contributed by atoms with Crippen LogP contribution in [0.2, 0.25) is 0 Å². The van der Waals surface area contributed by atoms with E-state index in [4.69, 9.17) is 5.73 Å². The van der Waals surface area contributed by atoms with Crippen LogP contribution in [0.3, 0.4) is 0 Å². The molecule has 29 heavy (non-hydrogen) atoms. The largest absolute Gasteiger partial charge is 0.370 e. The molecule has 2 atom stereocenters. The van der Waals surface area contributed by atoms with E-state index in [1.165, 1.54) is 36.1 Å². The standard InChI is InChI=1S/C21H20F5N3/c1-11-17(12-5-7-13(8-6-12)21(3,25)26)20(2,28-19(27)29(11)4)18-15(23)9-14(22)10-16(18)24/h5-10,17H,1H2,2-4H3,(H2,27,28)/t17?,20-/m0/s1. The van der Waals surface area contributed by atoms with Crippen molar-refractivity contribution < 1.29 is 22.0 Å². The van der Waals surface area contributed by atoms with Crippen molar-refractivity contribution in [2.45, 2.75) is 31.2 Å². The van der Waals surface area contributed by atoms with Gasteiger partial charge in [-0.3, -0.25) is 0 Å². The molecule has 0 aliphatic carbocycles. The number of rotatable bonds is 3. The summed E-state index contributed by atoms with van der Waals surface area (Å²) in [6.45, 7) is 6.19. The van der Waals surface area contributed by atoms with Crippen LogP contribution in [-0.2, 0) is 11.5 Å². The maximum atomic E-state index is 14.7. The van der Waals surface area contributed by atoms with Crippen molar-refractivity contribution in [1.29, 1.82) is 0 Å². The van der Waals surface area contributed by atoms with Crippen LogP contribution in [-0.4, -0.2) is 17.9 Å². The second-order valence-electron chi connectivity index (χ2n) is 7.36. The van der Waals surface area contributed by atoms with Crippen molar-refractivity contribution in [1.82, 2.24) is 4.90 Å². The first-order valence-electron chi connectivity index (χ1n) is 8.77. The van der Waals surface area contributed by atoms with Gasteiger partial charge >= 0.3 is 0 Å². The molecule has 2 N–H and O–H groups in total. The van der Waals surface area contributed by atoms with Gasteiger partial charge in [-0.15, -0.1) is 0 Å². The predicted molar refractivity (Wildman–Crippen MR) is 101 cm³/mol. The van der Waals surface area contributed by atoms with Gasteiger partial charge in [0.05, 0.1) is 11.5 Å². The summed E-state index contributed by atoms with van der Waals surface area (Å²) in [6.07, 6.45) is 0. The molecule has 0 spiro atoms. The molecule has 8 heteroatoms. The fourth-order valence-corrected chi connectivity index (χ4v) is 3.75. The lowest BCUT2D eigenvalue weighted by Gasteiger charge is -2.44. The van der Waals surface area contributed by atoms with Gasteiger partial charge in [0.2, 0.25) is 0 Å². The molecule has 0 radical (unpaired) electrons. The highest BCUT2D eigenvalue weighted by Gasteiger charge is 2.47. The Morgan fingerprint density at radius 3 is 2.10 bits per heavy atom. The van der Waals surface area contributed by atoms with Crippen molar-refractivity contribution in [2.24, 2.45) is 10.7 Å². The second kappa shape index (κ2) is 6.86. The van der Waals surface area contributed by atoms with E-state index in [-0.39, 0.29) is 11.5 Å². The van der Waals surface area contributed by atoms with Crippen LogP contribution in [0.15, 0.2) is 53.7 Å². The van der Waals surface area contributed by atoms with E-state index >= 15 is 0 Å². The number of likely N-dealkylation sites (N-methyl/N-ethyl adjacent to an activating group) is 1. The van der Waals surface area contributed by atoms with Crippen LogP contribution >= 0.6 is 0 Å². The third kappa shape index (κ3) is 3.47. The van der Waals surface area contributed by atoms with E-state index in [0.717, 1.165) is 6.92 Å². The van der Waals surface area contributed by atoms with E-state index in [2.05, 4.69) is 11.6 Å². The minimum atomic E-state index is -3.04. The number of halogens is 5. The van der Waals surface area contributed by atoms with Gasteiger partial charge in [-0.25, -0.2) is 26.9 Å². The van der Waals surface area contributed by atoms with Gasteiger partial charge in [0.15, 0.2) is 5.96 Å². The van der Waals surface area contributed by atoms with E-state index in [9.17, 15) is 22.0 Å². The van der Waals surface area contributed by atoms with Gasteiger partial charge in [-0.05, 0) is 12.5 Å². The van der Waals surface area contributed by atoms with Gasteiger partial charge in [-0.1, -0.05) is 30.8 Å². The highest BCUT2D eigenvalue weighted by atomic mass is 19.3. The molecule has 0 bridgehead atoms. The quantitative estimate of drug-likeness (QED) is 0.726. The Kier molecular flexibility index (Phi) is 4.93. The minimum Gasteiger partial charge on any atom is -0.370 e. The van der Waals surface area contributed by atoms with Crippen LogP contribution in [0.25, 0.3) is 0 Å². The topological polar surface area (TPSA) is 41.6 Å². The third-order valence-electron chi connectivity index (χ3n) is 5.28. The van der Waals surface area contributed by atoms with Crippen LogP contribution in [0.1, 0.15) is 36.5 Å². The molecule has 0 saturated heterocycles. The first-order chi connectivity index (χ1) is 13.4. The maximum Gasteiger partial charge on any atom is 0.270 e. The molecule has 3 rings (SSSR count). The fourth-order valence-electron chi connectivity index (χ4n) is 3.75. The summed E-state index contributed by atoms with van der Waals surface area (Å²) in [5.74, 6) is -7.23. The number of hydrogen-bond donors (Lipinski definition) is 1. The van der Waals surface area contributed by atoms with E-state index in [0.29, 0.717) is 23.4 Å². The lowest BCUT2D eigenvalue weighted by Crippen LogP contribution is -2.47. The number of nitrogens with two attached hydrogens (primary N) is 1. The molecule has 1 aliphatic rings. The Morgan fingerprint density at radius 2 is 1.62 bits per heavy atom. The highest BCUT2D eigenvalue weighted by molar-refractivity contribution is 5.82. The molecule has 2 aromatic rings. The number of aliphatic imine (C=N–C) groups is 1. The Morgan fingerprint density at radius 1 is 1.10 bits per heavy atom. The number of guanidine groups is 1. The van der Waals surface area contributed by atoms with Gasteiger partial charge < -0.3 is 10.6 Å². The molecular weight excluding hydrogens is 389 g/mol. The fraction of sp³-hybridized carbons (Fsp3) is 0.286. The van der Waals surface area contributed by atoms with Crippen LogP contribution in [0.5, 0.6) is 0 Å². The van der Waals surface area contributed by atoms with Gasteiger partial charge in [0.25, 0.3) is 5.92 Å². The molecule has 2 aromatic carbocycles. The number of alkyl halides is 2. The van der Waals surface area contributed by atoms with Crippen LogP contribution in [0.4, 0.5) is 22.0 Å². The zero-order chi connectivity index (χ0) is 21.7. The third-order valence-corrected chi connectivity index (χ3v) is 5.28. The van der Waals surface area contributed by atoms with E-state index in [1.807, 2.05) is 0 Å². The molecule has 1 heterocycles. The number of nitrogens with zero attached hydrogens (tertiary/aromatic N) is 2. The summed E-state index contributed by atoms with van der Waals surface area (Å²) in [5, 5.41) is 0. The molecular formula is C21H20F5N3. The van der Waals surface area contributed by atoms with Crippen molar-refractivity contribution in [3.63, 3.8) is 0 Å². The zero-order valence-electron chi connectivity index (χ0n) is 16.1. The summed E-state index contributed by atoms with van der Waals surface area (Å²) in [5.41, 5.74) is 4.44. The van der Waals surface area contributed by atoms with Gasteiger partial charge in [0.1, 0.15) is 23.0 Å². The summed E-state index contributed by atoms with van der Waals surface area (Å²) < 4.78 is 70.0. The normalized spacial score (nSPS) is 22.6. The summed E-state index contributed by atoms with van der Waals surface area (Å²) >= 11 is 0. The molecule has 0 fully saturated rings. The first-order valence-corrected chi connectivity index (χ1v) is 8.77. The molecule has 3 nitrogen and oxygen atoms in total. The lowest BCUT2D eigenvalue weighted by atomic mass is 9.72. The molecule has 0 amide bonds. The molecule has 1 unspecified atom stereocenters. The molecule has 0 aromatic heterocycles. The predicted octanol–water partition coefficient (Wildman–Crippen LogP) is 4.99. The Labute approximate surface area is 165 Å². The second-order valence-corrected chi connectivity index (χ2v) is 7.36. The van der Waals surface area contributed by atoms with Crippen molar-refractivity contribution in [3.8, 4) is 0 Å². The average molecular weight is 409 g/mol. The molecule has 154 valence electrons. The Balaban J connectivity index is 2.24. The molecule has 0 saturated carbocycles. The SMILES string of the molecule is C=C1C(c2ccc(C(C)(F)F)cc2)[C@@](C)(c2c(F)cc(F)cc2F)N=C(N)N1C. The van der Waals surface area contributed by atoms with E-state index < -0.39 is 40.4 Å². The maximum absolute atomic E-state index is 14.7. The zero-order valence-corrected chi connectivity index (χ0v) is 16.1. The summed E-state index contributed by atoms with van der Waals surface area (Å²) in [4.78, 5) is 5.76. The van der Waals surface area contributed by atoms with Gasteiger partial charge in [0, 0.05) is 37.4 Å². The summed E-state index contributed by atoms with van der Waals surface area (Å²) in [6, 6.07) is 6.47. The average Bonchev–Trinajstić information content (AvgIpc) is 2.58. The van der Waals surface area contributed by atoms with Gasteiger partial charge in [-0.2, -0.15) is 0 Å². The number of benzene rings is 2. The highest BCUT2D eigenvalue weighted by Crippen LogP contribution is 2.49. The molecule has 1 aliphatic heterocycles. The van der Waals surface area contributed by atoms with Crippen molar-refractivity contribution >= 4 is 5.96 Å². The van der Waals surface area contributed by atoms with E-state index in [1.54, 1.807) is 7.05 Å².